The SMILES string of the molecule is CC(C)c1ccc(C=C(C#N)C(=O)Nc2ccc(SC(F)F)cc2)cc1. The molecule has 134 valence electrons. The third-order valence-electron chi connectivity index (χ3n) is 3.62. The number of thioether (sulfide) groups is 1. The van der Waals surface area contributed by atoms with E-state index in [1.165, 1.54) is 35.9 Å². The Bertz CT molecular complexity index is 822. The fourth-order valence-electron chi connectivity index (χ4n) is 2.21. The van der Waals surface area contributed by atoms with Crippen LogP contribution in [0.2, 0.25) is 0 Å². The van der Waals surface area contributed by atoms with Gasteiger partial charge in [0.15, 0.2) is 0 Å². The van der Waals surface area contributed by atoms with Crippen molar-refractivity contribution in [2.75, 3.05) is 5.32 Å². The number of benzene rings is 2. The summed E-state index contributed by atoms with van der Waals surface area (Å²) in [5, 5.41) is 11.9. The molecule has 0 saturated carbocycles. The summed E-state index contributed by atoms with van der Waals surface area (Å²) in [6.07, 6.45) is 1.51. The number of anilines is 1. The van der Waals surface area contributed by atoms with Gasteiger partial charge in [0.1, 0.15) is 11.6 Å². The van der Waals surface area contributed by atoms with Gasteiger partial charge in [-0.1, -0.05) is 49.9 Å². The minimum Gasteiger partial charge on any atom is -0.321 e. The maximum atomic E-state index is 12.3. The predicted octanol–water partition coefficient (Wildman–Crippen LogP) is 5.67. The molecule has 0 aliphatic carbocycles. The topological polar surface area (TPSA) is 52.9 Å². The molecule has 0 aromatic heterocycles. The molecule has 2 rings (SSSR count). The van der Waals surface area contributed by atoms with Gasteiger partial charge in [-0.2, -0.15) is 14.0 Å². The van der Waals surface area contributed by atoms with Gasteiger partial charge >= 0.3 is 0 Å². The molecule has 26 heavy (non-hydrogen) atoms. The minimum atomic E-state index is -2.49. The molecule has 1 N–H and O–H groups in total. The lowest BCUT2D eigenvalue weighted by molar-refractivity contribution is -0.112. The fourth-order valence-corrected chi connectivity index (χ4v) is 2.71. The number of nitrogens with one attached hydrogen (secondary N) is 1. The number of halogens is 2. The number of nitriles is 1. The Morgan fingerprint density at radius 1 is 1.12 bits per heavy atom. The zero-order chi connectivity index (χ0) is 19.1. The van der Waals surface area contributed by atoms with E-state index in [0.29, 0.717) is 28.3 Å². The lowest BCUT2D eigenvalue weighted by atomic mass is 10.0. The van der Waals surface area contributed by atoms with E-state index in [1.807, 2.05) is 30.3 Å². The Morgan fingerprint density at radius 3 is 2.23 bits per heavy atom. The first-order chi connectivity index (χ1) is 12.4. The smallest absolute Gasteiger partial charge is 0.288 e. The highest BCUT2D eigenvalue weighted by Gasteiger charge is 2.10. The van der Waals surface area contributed by atoms with Gasteiger partial charge in [0.05, 0.1) is 0 Å². The molecule has 0 heterocycles. The second-order valence-corrected chi connectivity index (χ2v) is 6.91. The lowest BCUT2D eigenvalue weighted by Gasteiger charge is -2.07. The van der Waals surface area contributed by atoms with Crippen molar-refractivity contribution in [2.45, 2.75) is 30.4 Å². The number of rotatable bonds is 6. The largest absolute Gasteiger partial charge is 0.321 e. The highest BCUT2D eigenvalue weighted by atomic mass is 32.2. The molecule has 0 aliphatic rings. The van der Waals surface area contributed by atoms with Crippen molar-refractivity contribution < 1.29 is 13.6 Å². The summed E-state index contributed by atoms with van der Waals surface area (Å²) in [5.41, 5.74) is 2.33. The molecule has 6 heteroatoms. The van der Waals surface area contributed by atoms with Crippen molar-refractivity contribution >= 4 is 29.4 Å². The average Bonchev–Trinajstić information content (AvgIpc) is 2.61. The first-order valence-electron chi connectivity index (χ1n) is 7.97. The molecule has 0 fully saturated rings. The van der Waals surface area contributed by atoms with E-state index in [-0.39, 0.29) is 5.57 Å². The quantitative estimate of drug-likeness (QED) is 0.404. The lowest BCUT2D eigenvalue weighted by Crippen LogP contribution is -2.13. The molecule has 2 aromatic rings. The van der Waals surface area contributed by atoms with Crippen molar-refractivity contribution in [2.24, 2.45) is 0 Å². The summed E-state index contributed by atoms with van der Waals surface area (Å²) < 4.78 is 24.6. The van der Waals surface area contributed by atoms with Crippen molar-refractivity contribution in [3.8, 4) is 6.07 Å². The Hall–Kier alpha value is -2.65. The molecule has 0 unspecified atom stereocenters. The minimum absolute atomic E-state index is 0.0340. The number of carbonyl (C=O) groups excluding carboxylic acids is 1. The predicted molar refractivity (Wildman–Crippen MR) is 101 cm³/mol. The van der Waals surface area contributed by atoms with Crippen LogP contribution in [0.4, 0.5) is 14.5 Å². The van der Waals surface area contributed by atoms with E-state index in [4.69, 9.17) is 0 Å². The number of nitrogens with zero attached hydrogens (tertiary/aromatic N) is 1. The highest BCUT2D eigenvalue weighted by Crippen LogP contribution is 2.26. The summed E-state index contributed by atoms with van der Waals surface area (Å²) in [5.74, 6) is -2.64. The Kier molecular flexibility index (Phi) is 6.93. The summed E-state index contributed by atoms with van der Waals surface area (Å²) in [4.78, 5) is 12.7. The Morgan fingerprint density at radius 2 is 1.73 bits per heavy atom. The molecule has 0 bridgehead atoms. The van der Waals surface area contributed by atoms with E-state index < -0.39 is 11.7 Å². The van der Waals surface area contributed by atoms with Gasteiger partial charge in [-0.3, -0.25) is 4.79 Å². The number of hydrogen-bond acceptors (Lipinski definition) is 3. The van der Waals surface area contributed by atoms with Crippen LogP contribution in [0.1, 0.15) is 30.9 Å². The van der Waals surface area contributed by atoms with Crippen LogP contribution in [0, 0.1) is 11.3 Å². The third kappa shape index (κ3) is 5.71. The van der Waals surface area contributed by atoms with Gasteiger partial charge < -0.3 is 5.32 Å². The van der Waals surface area contributed by atoms with Gasteiger partial charge in [0, 0.05) is 10.6 Å². The molecule has 0 radical (unpaired) electrons. The molecule has 0 saturated heterocycles. The summed E-state index contributed by atoms with van der Waals surface area (Å²) >= 11 is 0.432. The van der Waals surface area contributed by atoms with Crippen molar-refractivity contribution in [3.05, 3.63) is 65.2 Å². The van der Waals surface area contributed by atoms with Crippen LogP contribution in [0.15, 0.2) is 59.0 Å². The molecule has 1 amide bonds. The number of hydrogen-bond donors (Lipinski definition) is 1. The van der Waals surface area contributed by atoms with Crippen LogP contribution >= 0.6 is 11.8 Å². The number of amides is 1. The molecular weight excluding hydrogens is 354 g/mol. The fraction of sp³-hybridized carbons (Fsp3) is 0.200. The second-order valence-electron chi connectivity index (χ2n) is 5.85. The zero-order valence-corrected chi connectivity index (χ0v) is 15.2. The average molecular weight is 372 g/mol. The maximum absolute atomic E-state index is 12.3. The molecule has 0 aliphatic heterocycles. The van der Waals surface area contributed by atoms with Crippen LogP contribution in [0.3, 0.4) is 0 Å². The third-order valence-corrected chi connectivity index (χ3v) is 4.34. The van der Waals surface area contributed by atoms with Crippen LogP contribution < -0.4 is 5.32 Å². The van der Waals surface area contributed by atoms with E-state index >= 15 is 0 Å². The van der Waals surface area contributed by atoms with Gasteiger partial charge in [-0.15, -0.1) is 0 Å². The van der Waals surface area contributed by atoms with Gasteiger partial charge in [0.25, 0.3) is 11.7 Å². The van der Waals surface area contributed by atoms with E-state index in [1.54, 1.807) is 0 Å². The standard InChI is InChI=1S/C20H18F2N2OS/c1-13(2)15-5-3-14(4-6-15)11-16(12-23)19(25)24-17-7-9-18(10-8-17)26-20(21)22/h3-11,13,20H,1-2H3,(H,24,25). The van der Waals surface area contributed by atoms with Crippen LogP contribution in [0.25, 0.3) is 6.08 Å². The molecular formula is C20H18F2N2OS. The van der Waals surface area contributed by atoms with E-state index in [9.17, 15) is 18.8 Å². The zero-order valence-electron chi connectivity index (χ0n) is 14.4. The van der Waals surface area contributed by atoms with Crippen LogP contribution in [-0.4, -0.2) is 11.7 Å². The molecule has 0 spiro atoms. The highest BCUT2D eigenvalue weighted by molar-refractivity contribution is 7.99. The van der Waals surface area contributed by atoms with Crippen molar-refractivity contribution in [1.82, 2.24) is 0 Å². The monoisotopic (exact) mass is 372 g/mol. The summed E-state index contributed by atoms with van der Waals surface area (Å²) in [6, 6.07) is 15.6. The van der Waals surface area contributed by atoms with E-state index in [2.05, 4.69) is 19.2 Å². The summed E-state index contributed by atoms with van der Waals surface area (Å²) in [7, 11) is 0. The van der Waals surface area contributed by atoms with Crippen LogP contribution in [0.5, 0.6) is 0 Å². The number of carbonyl (C=O) groups is 1. The Labute approximate surface area is 155 Å². The molecule has 2 aromatic carbocycles. The molecule has 3 nitrogen and oxygen atoms in total. The second kappa shape index (κ2) is 9.16. The van der Waals surface area contributed by atoms with Crippen molar-refractivity contribution in [3.63, 3.8) is 0 Å². The number of alkyl halides is 2. The molecule has 0 atom stereocenters. The van der Waals surface area contributed by atoms with E-state index in [0.717, 1.165) is 5.56 Å². The first kappa shape index (κ1) is 19.7. The first-order valence-corrected chi connectivity index (χ1v) is 8.85. The normalized spacial score (nSPS) is 11.5. The van der Waals surface area contributed by atoms with Gasteiger partial charge in [-0.05, 0) is 47.4 Å². The van der Waals surface area contributed by atoms with Gasteiger partial charge in [0.2, 0.25) is 0 Å². The van der Waals surface area contributed by atoms with Crippen molar-refractivity contribution in [1.29, 1.82) is 5.26 Å². The van der Waals surface area contributed by atoms with Gasteiger partial charge in [-0.25, -0.2) is 0 Å². The Balaban J connectivity index is 2.09. The summed E-state index contributed by atoms with van der Waals surface area (Å²) in [6.45, 7) is 4.17. The van der Waals surface area contributed by atoms with Crippen LogP contribution in [-0.2, 0) is 4.79 Å². The maximum Gasteiger partial charge on any atom is 0.288 e.